The Morgan fingerprint density at radius 1 is 1.47 bits per heavy atom. The van der Waals surface area contributed by atoms with E-state index in [4.69, 9.17) is 15.4 Å². The van der Waals surface area contributed by atoms with Gasteiger partial charge in [0.25, 0.3) is 5.22 Å². The molecule has 0 aliphatic heterocycles. The molecule has 0 spiro atoms. The first-order chi connectivity index (χ1) is 9.01. The van der Waals surface area contributed by atoms with Crippen molar-refractivity contribution in [2.75, 3.05) is 0 Å². The number of nitrogens with two attached hydrogens (primary N) is 1. The number of aryl methyl sites for hydroxylation is 2. The van der Waals surface area contributed by atoms with Crippen LogP contribution in [0.1, 0.15) is 17.0 Å². The fraction of sp³-hybridized carbons (Fsp3) is 0.167. The zero-order valence-corrected chi connectivity index (χ0v) is 12.7. The topological polar surface area (TPSA) is 84.6 Å². The summed E-state index contributed by atoms with van der Waals surface area (Å²) in [6, 6.07) is 5.49. The number of rotatable bonds is 3. The molecule has 5 nitrogen and oxygen atoms in total. The second-order valence-corrected chi connectivity index (χ2v) is 5.73. The van der Waals surface area contributed by atoms with Gasteiger partial charge in [-0.3, -0.25) is 0 Å². The van der Waals surface area contributed by atoms with Gasteiger partial charge in [-0.1, -0.05) is 5.16 Å². The average Bonchev–Trinajstić information content (AvgIpc) is 2.67. The minimum atomic E-state index is 0.0613. The van der Waals surface area contributed by atoms with Gasteiger partial charge in [0.2, 0.25) is 0 Å². The van der Waals surface area contributed by atoms with Crippen LogP contribution in [0, 0.1) is 13.8 Å². The van der Waals surface area contributed by atoms with Crippen LogP contribution in [0.4, 0.5) is 0 Å². The molecule has 0 radical (unpaired) electrons. The first-order valence-electron chi connectivity index (χ1n) is 5.40. The summed E-state index contributed by atoms with van der Waals surface area (Å²) in [6.07, 6.45) is 0. The number of hydrogen-bond donors (Lipinski definition) is 2. The molecule has 0 amide bonds. The largest absolute Gasteiger partial charge is 0.436 e. The zero-order valence-electron chi connectivity index (χ0n) is 10.3. The minimum Gasteiger partial charge on any atom is -0.436 e. The van der Waals surface area contributed by atoms with Gasteiger partial charge in [0.05, 0.1) is 5.69 Å². The molecule has 0 atom stereocenters. The smallest absolute Gasteiger partial charge is 0.260 e. The van der Waals surface area contributed by atoms with E-state index in [1.807, 2.05) is 26.0 Å². The Balaban J connectivity index is 2.25. The number of halogens is 1. The Morgan fingerprint density at radius 3 is 2.74 bits per heavy atom. The Hall–Kier alpha value is -1.47. The maximum atomic E-state index is 8.66. The summed E-state index contributed by atoms with van der Waals surface area (Å²) in [5.41, 5.74) is 7.07. The summed E-state index contributed by atoms with van der Waals surface area (Å²) in [6.45, 7) is 3.78. The maximum Gasteiger partial charge on any atom is 0.260 e. The lowest BCUT2D eigenvalue weighted by molar-refractivity contribution is 0.318. The molecule has 19 heavy (non-hydrogen) atoms. The van der Waals surface area contributed by atoms with E-state index in [9.17, 15) is 0 Å². The molecule has 1 aromatic carbocycles. The molecule has 100 valence electrons. The number of nitrogens with zero attached hydrogens (tertiary/aromatic N) is 2. The van der Waals surface area contributed by atoms with Crippen molar-refractivity contribution >= 4 is 33.5 Å². The van der Waals surface area contributed by atoms with Gasteiger partial charge in [-0.2, -0.15) is 0 Å². The van der Waals surface area contributed by atoms with Crippen LogP contribution in [0.3, 0.4) is 0 Å². The normalized spacial score (nSPS) is 11.8. The van der Waals surface area contributed by atoms with Crippen LogP contribution < -0.4 is 5.73 Å². The molecule has 2 rings (SSSR count). The molecule has 2 aromatic rings. The van der Waals surface area contributed by atoms with Gasteiger partial charge in [-0.25, -0.2) is 4.98 Å². The molecule has 3 N–H and O–H groups in total. The number of hydrogen-bond acceptors (Lipinski definition) is 5. The molecule has 0 unspecified atom stereocenters. The number of benzene rings is 1. The summed E-state index contributed by atoms with van der Waals surface area (Å²) in [5.74, 6) is 0.876. The summed E-state index contributed by atoms with van der Waals surface area (Å²) < 4.78 is 6.25. The van der Waals surface area contributed by atoms with Gasteiger partial charge in [-0.15, -0.1) is 0 Å². The summed E-state index contributed by atoms with van der Waals surface area (Å²) in [4.78, 5) is 5.25. The van der Waals surface area contributed by atoms with Crippen molar-refractivity contribution in [1.82, 2.24) is 4.98 Å². The van der Waals surface area contributed by atoms with E-state index in [1.165, 1.54) is 11.8 Å². The van der Waals surface area contributed by atoms with Crippen molar-refractivity contribution in [1.29, 1.82) is 0 Å². The van der Waals surface area contributed by atoms with E-state index in [0.29, 0.717) is 10.8 Å². The van der Waals surface area contributed by atoms with E-state index >= 15 is 0 Å². The number of oxazole rings is 1. The Bertz CT molecular complexity index is 620. The highest BCUT2D eigenvalue weighted by Crippen LogP contribution is 2.31. The second-order valence-electron chi connectivity index (χ2n) is 3.85. The third-order valence-corrected chi connectivity index (χ3v) is 4.03. The monoisotopic (exact) mass is 341 g/mol. The van der Waals surface area contributed by atoms with Crippen LogP contribution in [-0.4, -0.2) is 16.0 Å². The van der Waals surface area contributed by atoms with Gasteiger partial charge in [-0.05, 0) is 59.7 Å². The summed E-state index contributed by atoms with van der Waals surface area (Å²) in [5, 5.41) is 12.2. The highest BCUT2D eigenvalue weighted by Gasteiger charge is 2.10. The van der Waals surface area contributed by atoms with Gasteiger partial charge in [0, 0.05) is 14.9 Å². The van der Waals surface area contributed by atoms with Crippen molar-refractivity contribution in [3.63, 3.8) is 0 Å². The number of aromatic nitrogens is 1. The van der Waals surface area contributed by atoms with E-state index in [1.54, 1.807) is 6.07 Å². The molecule has 0 aliphatic rings. The van der Waals surface area contributed by atoms with E-state index in [2.05, 4.69) is 26.1 Å². The number of oxime groups is 1. The van der Waals surface area contributed by atoms with E-state index < -0.39 is 0 Å². The van der Waals surface area contributed by atoms with Crippen LogP contribution >= 0.6 is 27.7 Å². The Morgan fingerprint density at radius 2 is 2.21 bits per heavy atom. The predicted molar refractivity (Wildman–Crippen MR) is 76.8 cm³/mol. The molecule has 0 saturated heterocycles. The molecule has 7 heteroatoms. The van der Waals surface area contributed by atoms with Crippen LogP contribution in [0.15, 0.2) is 42.4 Å². The second kappa shape index (κ2) is 5.66. The summed E-state index contributed by atoms with van der Waals surface area (Å²) >= 11 is 4.80. The molecule has 1 aromatic heterocycles. The Kier molecular flexibility index (Phi) is 4.16. The highest BCUT2D eigenvalue weighted by atomic mass is 79.9. The first-order valence-corrected chi connectivity index (χ1v) is 7.01. The quantitative estimate of drug-likeness (QED) is 0.387. The zero-order chi connectivity index (χ0) is 14.0. The molecule has 1 heterocycles. The molecular formula is C12H12BrN3O2S. The fourth-order valence-corrected chi connectivity index (χ4v) is 3.01. The van der Waals surface area contributed by atoms with Crippen molar-refractivity contribution in [2.45, 2.75) is 24.0 Å². The predicted octanol–water partition coefficient (Wildman–Crippen LogP) is 3.30. The molecule has 0 fully saturated rings. The van der Waals surface area contributed by atoms with Gasteiger partial charge in [0.15, 0.2) is 5.84 Å². The molecular weight excluding hydrogens is 330 g/mol. The first kappa shape index (κ1) is 14.0. The van der Waals surface area contributed by atoms with Gasteiger partial charge < -0.3 is 15.4 Å². The highest BCUT2D eigenvalue weighted by molar-refractivity contribution is 9.10. The molecule has 0 aliphatic carbocycles. The van der Waals surface area contributed by atoms with Crippen molar-refractivity contribution in [3.05, 3.63) is 39.7 Å². The standard InChI is InChI=1S/C12H12BrN3O2S/c1-6-7(2)18-12(15-6)19-8-3-4-9(10(13)5-8)11(14)16-17/h3-5,17H,1-2H3,(H2,14,16). The van der Waals surface area contributed by atoms with Gasteiger partial charge in [0.1, 0.15) is 5.76 Å². The Labute approximate surface area is 123 Å². The fourth-order valence-electron chi connectivity index (χ4n) is 1.41. The van der Waals surface area contributed by atoms with Crippen molar-refractivity contribution < 1.29 is 9.62 Å². The third kappa shape index (κ3) is 3.10. The maximum absolute atomic E-state index is 8.66. The van der Waals surface area contributed by atoms with E-state index in [-0.39, 0.29) is 5.84 Å². The lowest BCUT2D eigenvalue weighted by atomic mass is 10.2. The van der Waals surface area contributed by atoms with Crippen LogP contribution in [0.25, 0.3) is 0 Å². The van der Waals surface area contributed by atoms with Crippen LogP contribution in [-0.2, 0) is 0 Å². The number of amidine groups is 1. The van der Waals surface area contributed by atoms with Crippen molar-refractivity contribution in [3.8, 4) is 0 Å². The van der Waals surface area contributed by atoms with Crippen LogP contribution in [0.2, 0.25) is 0 Å². The molecule has 0 saturated carbocycles. The average molecular weight is 342 g/mol. The lowest BCUT2D eigenvalue weighted by Crippen LogP contribution is -2.13. The molecule has 0 bridgehead atoms. The van der Waals surface area contributed by atoms with E-state index in [0.717, 1.165) is 20.8 Å². The van der Waals surface area contributed by atoms with Crippen molar-refractivity contribution in [2.24, 2.45) is 10.9 Å². The summed E-state index contributed by atoms with van der Waals surface area (Å²) in [7, 11) is 0. The van der Waals surface area contributed by atoms with Crippen LogP contribution in [0.5, 0.6) is 0 Å². The SMILES string of the molecule is Cc1nc(Sc2ccc(/C(N)=N/O)c(Br)c2)oc1C. The third-order valence-electron chi connectivity index (χ3n) is 2.54. The lowest BCUT2D eigenvalue weighted by Gasteiger charge is -2.04. The minimum absolute atomic E-state index is 0.0613. The van der Waals surface area contributed by atoms with Gasteiger partial charge >= 0.3 is 0 Å².